The second-order valence-electron chi connectivity index (χ2n) is 4.40. The van der Waals surface area contributed by atoms with Crippen molar-refractivity contribution in [2.75, 3.05) is 13.1 Å². The minimum absolute atomic E-state index is 0.392. The molecule has 1 saturated heterocycles. The van der Waals surface area contributed by atoms with E-state index in [1.807, 2.05) is 13.0 Å². The zero-order valence-corrected chi connectivity index (χ0v) is 10.3. The minimum Gasteiger partial charge on any atom is -0.300 e. The van der Waals surface area contributed by atoms with Crippen LogP contribution in [0.2, 0.25) is 5.02 Å². The number of rotatable bonds is 2. The van der Waals surface area contributed by atoms with E-state index in [0.717, 1.165) is 30.2 Å². The Labute approximate surface area is 101 Å². The van der Waals surface area contributed by atoms with Crippen molar-refractivity contribution in [2.45, 2.75) is 26.3 Å². The molecule has 1 fully saturated rings. The summed E-state index contributed by atoms with van der Waals surface area (Å²) >= 11 is 5.98. The van der Waals surface area contributed by atoms with Crippen molar-refractivity contribution in [1.29, 1.82) is 0 Å². The minimum atomic E-state index is 0.392. The van der Waals surface area contributed by atoms with Gasteiger partial charge in [0.1, 0.15) is 5.78 Å². The first-order valence-electron chi connectivity index (χ1n) is 5.64. The highest BCUT2D eigenvalue weighted by atomic mass is 35.5. The first kappa shape index (κ1) is 11.6. The SMILES string of the molecule is Cc1cc(CN2CCC(=O)CC2)ccc1Cl. The number of carbonyl (C=O) groups excluding carboxylic acids is 1. The molecule has 0 bridgehead atoms. The van der Waals surface area contributed by atoms with Crippen molar-refractivity contribution in [2.24, 2.45) is 0 Å². The van der Waals surface area contributed by atoms with E-state index in [4.69, 9.17) is 11.6 Å². The Hall–Kier alpha value is -0.860. The molecule has 1 heterocycles. The predicted octanol–water partition coefficient (Wildman–Crippen LogP) is 2.81. The molecular formula is C13H16ClNO. The van der Waals surface area contributed by atoms with E-state index < -0.39 is 0 Å². The van der Waals surface area contributed by atoms with E-state index in [1.54, 1.807) is 0 Å². The number of halogens is 1. The van der Waals surface area contributed by atoms with Gasteiger partial charge >= 0.3 is 0 Å². The van der Waals surface area contributed by atoms with Gasteiger partial charge in [-0.15, -0.1) is 0 Å². The Kier molecular flexibility index (Phi) is 3.62. The third-order valence-electron chi connectivity index (χ3n) is 3.04. The second kappa shape index (κ2) is 4.98. The lowest BCUT2D eigenvalue weighted by Crippen LogP contribution is -2.33. The van der Waals surface area contributed by atoms with Crippen molar-refractivity contribution in [1.82, 2.24) is 4.90 Å². The van der Waals surface area contributed by atoms with Gasteiger partial charge in [-0.2, -0.15) is 0 Å². The summed E-state index contributed by atoms with van der Waals surface area (Å²) in [4.78, 5) is 13.4. The molecule has 1 aliphatic heterocycles. The number of benzene rings is 1. The van der Waals surface area contributed by atoms with E-state index in [-0.39, 0.29) is 0 Å². The normalized spacial score (nSPS) is 17.8. The highest BCUT2D eigenvalue weighted by Gasteiger charge is 2.15. The summed E-state index contributed by atoms with van der Waals surface area (Å²) in [7, 11) is 0. The Bertz CT molecular complexity index is 393. The Morgan fingerprint density at radius 1 is 1.31 bits per heavy atom. The van der Waals surface area contributed by atoms with Gasteiger partial charge in [-0.3, -0.25) is 9.69 Å². The van der Waals surface area contributed by atoms with Crippen LogP contribution in [0, 0.1) is 6.92 Å². The molecule has 3 heteroatoms. The maximum atomic E-state index is 11.1. The van der Waals surface area contributed by atoms with Crippen LogP contribution in [0.1, 0.15) is 24.0 Å². The van der Waals surface area contributed by atoms with Crippen LogP contribution in [0.5, 0.6) is 0 Å². The van der Waals surface area contributed by atoms with Crippen LogP contribution >= 0.6 is 11.6 Å². The molecule has 0 aliphatic carbocycles. The van der Waals surface area contributed by atoms with Crippen molar-refractivity contribution < 1.29 is 4.79 Å². The molecule has 1 aromatic rings. The lowest BCUT2D eigenvalue weighted by molar-refractivity contribution is -0.121. The molecule has 86 valence electrons. The van der Waals surface area contributed by atoms with Gasteiger partial charge in [-0.1, -0.05) is 23.7 Å². The van der Waals surface area contributed by atoms with Crippen molar-refractivity contribution >= 4 is 17.4 Å². The van der Waals surface area contributed by atoms with E-state index in [2.05, 4.69) is 17.0 Å². The molecule has 1 aromatic carbocycles. The van der Waals surface area contributed by atoms with Crippen LogP contribution in [0.4, 0.5) is 0 Å². The van der Waals surface area contributed by atoms with Gasteiger partial charge in [0.2, 0.25) is 0 Å². The largest absolute Gasteiger partial charge is 0.300 e. The summed E-state index contributed by atoms with van der Waals surface area (Å²) in [6.45, 7) is 4.72. The topological polar surface area (TPSA) is 20.3 Å². The molecule has 2 rings (SSSR count). The average molecular weight is 238 g/mol. The fraction of sp³-hybridized carbons (Fsp3) is 0.462. The Morgan fingerprint density at radius 3 is 2.62 bits per heavy atom. The van der Waals surface area contributed by atoms with Crippen molar-refractivity contribution in [3.05, 3.63) is 34.3 Å². The molecule has 0 saturated carbocycles. The number of hydrogen-bond donors (Lipinski definition) is 0. The predicted molar refractivity (Wildman–Crippen MR) is 65.7 cm³/mol. The quantitative estimate of drug-likeness (QED) is 0.789. The number of hydrogen-bond acceptors (Lipinski definition) is 2. The number of piperidine rings is 1. The summed E-state index contributed by atoms with van der Waals surface area (Å²) in [5.74, 6) is 0.392. The summed E-state index contributed by atoms with van der Waals surface area (Å²) < 4.78 is 0. The molecule has 0 atom stereocenters. The lowest BCUT2D eigenvalue weighted by Gasteiger charge is -2.25. The standard InChI is InChI=1S/C13H16ClNO/c1-10-8-11(2-3-13(10)14)9-15-6-4-12(16)5-7-15/h2-3,8H,4-7,9H2,1H3. The zero-order chi connectivity index (χ0) is 11.5. The first-order chi connectivity index (χ1) is 7.65. The number of aryl methyl sites for hydroxylation is 1. The number of likely N-dealkylation sites (tertiary alicyclic amines) is 1. The summed E-state index contributed by atoms with van der Waals surface area (Å²) in [6, 6.07) is 6.13. The molecule has 0 spiro atoms. The van der Waals surface area contributed by atoms with Crippen LogP contribution in [0.3, 0.4) is 0 Å². The van der Waals surface area contributed by atoms with E-state index in [0.29, 0.717) is 18.6 Å². The third kappa shape index (κ3) is 2.83. The molecular weight excluding hydrogens is 222 g/mol. The fourth-order valence-electron chi connectivity index (χ4n) is 2.02. The average Bonchev–Trinajstić information content (AvgIpc) is 2.27. The summed E-state index contributed by atoms with van der Waals surface area (Å²) in [5.41, 5.74) is 2.39. The number of carbonyl (C=O) groups is 1. The van der Waals surface area contributed by atoms with Gasteiger partial charge in [-0.25, -0.2) is 0 Å². The fourth-order valence-corrected chi connectivity index (χ4v) is 2.14. The third-order valence-corrected chi connectivity index (χ3v) is 3.47. The van der Waals surface area contributed by atoms with Crippen LogP contribution in [0.25, 0.3) is 0 Å². The van der Waals surface area contributed by atoms with E-state index >= 15 is 0 Å². The van der Waals surface area contributed by atoms with E-state index in [9.17, 15) is 4.79 Å². The Balaban J connectivity index is 1.98. The molecule has 1 aliphatic rings. The van der Waals surface area contributed by atoms with Crippen molar-refractivity contribution in [3.8, 4) is 0 Å². The number of Topliss-reactive ketones (excluding diaryl/α,β-unsaturated/α-hetero) is 1. The molecule has 2 nitrogen and oxygen atoms in total. The highest BCUT2D eigenvalue weighted by Crippen LogP contribution is 2.18. The second-order valence-corrected chi connectivity index (χ2v) is 4.81. The smallest absolute Gasteiger partial charge is 0.135 e. The van der Waals surface area contributed by atoms with Gasteiger partial charge in [0.05, 0.1) is 0 Å². The van der Waals surface area contributed by atoms with Crippen LogP contribution < -0.4 is 0 Å². The Morgan fingerprint density at radius 2 is 2.00 bits per heavy atom. The van der Waals surface area contributed by atoms with E-state index in [1.165, 1.54) is 5.56 Å². The highest BCUT2D eigenvalue weighted by molar-refractivity contribution is 6.31. The van der Waals surface area contributed by atoms with Crippen LogP contribution in [0.15, 0.2) is 18.2 Å². The maximum absolute atomic E-state index is 11.1. The van der Waals surface area contributed by atoms with Gasteiger partial charge in [0.15, 0.2) is 0 Å². The first-order valence-corrected chi connectivity index (χ1v) is 6.02. The molecule has 0 radical (unpaired) electrons. The lowest BCUT2D eigenvalue weighted by atomic mass is 10.1. The zero-order valence-electron chi connectivity index (χ0n) is 9.50. The van der Waals surface area contributed by atoms with Gasteiger partial charge < -0.3 is 0 Å². The van der Waals surface area contributed by atoms with Crippen LogP contribution in [-0.2, 0) is 11.3 Å². The van der Waals surface area contributed by atoms with Crippen LogP contribution in [-0.4, -0.2) is 23.8 Å². The number of ketones is 1. The van der Waals surface area contributed by atoms with Gasteiger partial charge in [0, 0.05) is 37.5 Å². The molecule has 0 amide bonds. The summed E-state index contributed by atoms with van der Waals surface area (Å²) in [5, 5.41) is 0.817. The monoisotopic (exact) mass is 237 g/mol. The maximum Gasteiger partial charge on any atom is 0.135 e. The number of nitrogens with zero attached hydrogens (tertiary/aromatic N) is 1. The van der Waals surface area contributed by atoms with Gasteiger partial charge in [-0.05, 0) is 24.1 Å². The summed E-state index contributed by atoms with van der Waals surface area (Å²) in [6.07, 6.45) is 1.40. The van der Waals surface area contributed by atoms with Crippen molar-refractivity contribution in [3.63, 3.8) is 0 Å². The molecule has 0 aromatic heterocycles. The molecule has 16 heavy (non-hydrogen) atoms. The molecule has 0 unspecified atom stereocenters. The van der Waals surface area contributed by atoms with Gasteiger partial charge in [0.25, 0.3) is 0 Å². The molecule has 0 N–H and O–H groups in total.